The Kier molecular flexibility index (Phi) is 4.65. The molecular weight excluding hydrogens is 271 g/mol. The van der Waals surface area contributed by atoms with Gasteiger partial charge >= 0.3 is 0 Å². The van der Waals surface area contributed by atoms with E-state index in [9.17, 15) is 4.39 Å². The quantitative estimate of drug-likeness (QED) is 0.625. The third-order valence-electron chi connectivity index (χ3n) is 2.40. The van der Waals surface area contributed by atoms with E-state index in [1.165, 1.54) is 0 Å². The Bertz CT molecular complexity index is 566. The summed E-state index contributed by atoms with van der Waals surface area (Å²) in [6, 6.07) is 7.02. The van der Waals surface area contributed by atoms with Crippen LogP contribution in [0.3, 0.4) is 0 Å². The summed E-state index contributed by atoms with van der Waals surface area (Å²) in [5.41, 5.74) is 0.647. The number of para-hydroxylation sites is 1. The highest BCUT2D eigenvalue weighted by molar-refractivity contribution is 6.28. The molecule has 0 atom stereocenters. The minimum Gasteiger partial charge on any atom is -0.490 e. The van der Waals surface area contributed by atoms with Crippen molar-refractivity contribution in [1.82, 2.24) is 9.97 Å². The van der Waals surface area contributed by atoms with Gasteiger partial charge in [0.15, 0.2) is 5.82 Å². The monoisotopic (exact) mass is 282 g/mol. The fraction of sp³-hybridized carbons (Fsp3) is 0.231. The van der Waals surface area contributed by atoms with Gasteiger partial charge in [-0.1, -0.05) is 12.1 Å². The molecule has 0 unspecified atom stereocenters. The van der Waals surface area contributed by atoms with E-state index in [1.54, 1.807) is 31.4 Å². The van der Waals surface area contributed by atoms with Crippen LogP contribution in [0, 0.1) is 5.82 Å². The molecule has 0 spiro atoms. The highest BCUT2D eigenvalue weighted by atomic mass is 35.5. The largest absolute Gasteiger partial charge is 0.490 e. The van der Waals surface area contributed by atoms with Crippen LogP contribution in [0.5, 0.6) is 5.75 Å². The van der Waals surface area contributed by atoms with E-state index < -0.39 is 5.82 Å². The van der Waals surface area contributed by atoms with Crippen molar-refractivity contribution in [2.24, 2.45) is 0 Å². The number of ether oxygens (including phenoxy) is 2. The van der Waals surface area contributed by atoms with Crippen molar-refractivity contribution in [1.29, 1.82) is 0 Å². The molecule has 0 aliphatic rings. The molecule has 19 heavy (non-hydrogen) atoms. The van der Waals surface area contributed by atoms with Gasteiger partial charge in [-0.25, -0.2) is 14.4 Å². The van der Waals surface area contributed by atoms with E-state index in [0.29, 0.717) is 24.5 Å². The van der Waals surface area contributed by atoms with Crippen LogP contribution < -0.4 is 4.74 Å². The molecular formula is C13H12ClFN2O2. The van der Waals surface area contributed by atoms with Gasteiger partial charge in [-0.2, -0.15) is 0 Å². The summed E-state index contributed by atoms with van der Waals surface area (Å²) in [7, 11) is 1.58. The summed E-state index contributed by atoms with van der Waals surface area (Å²) in [5, 5.41) is -0.0110. The Morgan fingerprint density at radius 3 is 2.84 bits per heavy atom. The standard InChI is InChI=1S/C13H12ClFN2O2/c1-18-6-7-19-11-5-3-2-4-9(11)12-10(15)8-16-13(14)17-12/h2-5,8H,6-7H2,1H3. The molecule has 0 radical (unpaired) electrons. The molecule has 0 N–H and O–H groups in total. The molecule has 0 amide bonds. The van der Waals surface area contributed by atoms with E-state index in [1.807, 2.05) is 0 Å². The third-order valence-corrected chi connectivity index (χ3v) is 2.58. The van der Waals surface area contributed by atoms with Gasteiger partial charge in [0.1, 0.15) is 18.1 Å². The van der Waals surface area contributed by atoms with E-state index in [0.717, 1.165) is 6.20 Å². The lowest BCUT2D eigenvalue weighted by molar-refractivity contribution is 0.146. The van der Waals surface area contributed by atoms with Gasteiger partial charge in [0.25, 0.3) is 0 Å². The van der Waals surface area contributed by atoms with Crippen LogP contribution in [-0.4, -0.2) is 30.3 Å². The highest BCUT2D eigenvalue weighted by Gasteiger charge is 2.13. The van der Waals surface area contributed by atoms with Crippen LogP contribution in [0.1, 0.15) is 0 Å². The number of hydrogen-bond donors (Lipinski definition) is 0. The van der Waals surface area contributed by atoms with Gasteiger partial charge in [-0.15, -0.1) is 0 Å². The highest BCUT2D eigenvalue weighted by Crippen LogP contribution is 2.30. The van der Waals surface area contributed by atoms with E-state index >= 15 is 0 Å². The van der Waals surface area contributed by atoms with E-state index in [2.05, 4.69) is 9.97 Å². The summed E-state index contributed by atoms with van der Waals surface area (Å²) >= 11 is 5.70. The molecule has 2 rings (SSSR count). The lowest BCUT2D eigenvalue weighted by Crippen LogP contribution is -2.05. The molecule has 0 saturated carbocycles. The minimum absolute atomic E-state index is 0.0110. The molecule has 4 nitrogen and oxygen atoms in total. The zero-order valence-corrected chi connectivity index (χ0v) is 11.0. The lowest BCUT2D eigenvalue weighted by atomic mass is 10.1. The van der Waals surface area contributed by atoms with Crippen molar-refractivity contribution in [2.75, 3.05) is 20.3 Å². The molecule has 0 saturated heterocycles. The minimum atomic E-state index is -0.549. The topological polar surface area (TPSA) is 44.2 Å². The molecule has 0 bridgehead atoms. The second kappa shape index (κ2) is 6.45. The maximum Gasteiger partial charge on any atom is 0.223 e. The Hall–Kier alpha value is -1.72. The van der Waals surface area contributed by atoms with E-state index in [4.69, 9.17) is 21.1 Å². The number of methoxy groups -OCH3 is 1. The lowest BCUT2D eigenvalue weighted by Gasteiger charge is -2.11. The van der Waals surface area contributed by atoms with Crippen LogP contribution in [0.15, 0.2) is 30.5 Å². The van der Waals surface area contributed by atoms with Crippen LogP contribution in [0.4, 0.5) is 4.39 Å². The maximum atomic E-state index is 13.8. The summed E-state index contributed by atoms with van der Waals surface area (Å²) in [4.78, 5) is 7.49. The number of rotatable bonds is 5. The summed E-state index contributed by atoms with van der Waals surface area (Å²) in [6.07, 6.45) is 1.04. The van der Waals surface area contributed by atoms with Gasteiger partial charge in [-0.3, -0.25) is 0 Å². The molecule has 1 heterocycles. The molecule has 0 aliphatic carbocycles. The third kappa shape index (κ3) is 3.39. The number of hydrogen-bond acceptors (Lipinski definition) is 4. The van der Waals surface area contributed by atoms with Crippen molar-refractivity contribution < 1.29 is 13.9 Å². The SMILES string of the molecule is COCCOc1ccccc1-c1nc(Cl)ncc1F. The first-order chi connectivity index (χ1) is 9.22. The van der Waals surface area contributed by atoms with Crippen LogP contribution in [0.2, 0.25) is 5.28 Å². The second-order valence-corrected chi connectivity index (χ2v) is 4.01. The fourth-order valence-corrected chi connectivity index (χ4v) is 1.69. The van der Waals surface area contributed by atoms with Crippen LogP contribution in [-0.2, 0) is 4.74 Å². The van der Waals surface area contributed by atoms with E-state index in [-0.39, 0.29) is 11.0 Å². The van der Waals surface area contributed by atoms with Crippen molar-refractivity contribution >= 4 is 11.6 Å². The van der Waals surface area contributed by atoms with Gasteiger partial charge in [0.2, 0.25) is 5.28 Å². The van der Waals surface area contributed by atoms with Crippen molar-refractivity contribution in [3.05, 3.63) is 41.6 Å². The second-order valence-electron chi connectivity index (χ2n) is 3.67. The number of aromatic nitrogens is 2. The van der Waals surface area contributed by atoms with Crippen LogP contribution in [0.25, 0.3) is 11.3 Å². The summed E-state index contributed by atoms with van der Waals surface area (Å²) < 4.78 is 24.2. The Morgan fingerprint density at radius 1 is 1.26 bits per heavy atom. The fourth-order valence-electron chi connectivity index (χ4n) is 1.56. The summed E-state index contributed by atoms with van der Waals surface area (Å²) in [6.45, 7) is 0.815. The number of halogens is 2. The molecule has 0 fully saturated rings. The first-order valence-corrected chi connectivity index (χ1v) is 5.99. The molecule has 1 aromatic heterocycles. The van der Waals surface area contributed by atoms with Gasteiger partial charge in [0, 0.05) is 12.7 Å². The van der Waals surface area contributed by atoms with Crippen LogP contribution >= 0.6 is 11.6 Å². The molecule has 2 aromatic rings. The van der Waals surface area contributed by atoms with Gasteiger partial charge in [0.05, 0.1) is 12.8 Å². The smallest absolute Gasteiger partial charge is 0.223 e. The van der Waals surface area contributed by atoms with Crippen molar-refractivity contribution in [3.8, 4) is 17.0 Å². The zero-order valence-electron chi connectivity index (χ0n) is 10.3. The van der Waals surface area contributed by atoms with Crippen molar-refractivity contribution in [2.45, 2.75) is 0 Å². The van der Waals surface area contributed by atoms with Gasteiger partial charge in [-0.05, 0) is 23.7 Å². The Balaban J connectivity index is 2.35. The normalized spacial score (nSPS) is 10.5. The molecule has 100 valence electrons. The average Bonchev–Trinajstić information content (AvgIpc) is 2.42. The number of nitrogens with zero attached hydrogens (tertiary/aromatic N) is 2. The molecule has 1 aromatic carbocycles. The Labute approximate surface area is 115 Å². The maximum absolute atomic E-state index is 13.8. The first kappa shape index (κ1) is 13.7. The predicted molar refractivity (Wildman–Crippen MR) is 69.8 cm³/mol. The molecule has 6 heteroatoms. The zero-order chi connectivity index (χ0) is 13.7. The average molecular weight is 283 g/mol. The first-order valence-electron chi connectivity index (χ1n) is 5.61. The molecule has 0 aliphatic heterocycles. The summed E-state index contributed by atoms with van der Waals surface area (Å²) in [5.74, 6) is -0.0274. The number of benzene rings is 1. The predicted octanol–water partition coefficient (Wildman–Crippen LogP) is 2.96. The van der Waals surface area contributed by atoms with Gasteiger partial charge < -0.3 is 9.47 Å². The van der Waals surface area contributed by atoms with Crippen molar-refractivity contribution in [3.63, 3.8) is 0 Å². The Morgan fingerprint density at radius 2 is 2.05 bits per heavy atom.